The third-order valence-corrected chi connectivity index (χ3v) is 2.23. The lowest BCUT2D eigenvalue weighted by Gasteiger charge is -2.30. The van der Waals surface area contributed by atoms with E-state index in [0.29, 0.717) is 12.3 Å². The Morgan fingerprint density at radius 3 is 3.15 bits per heavy atom. The van der Waals surface area contributed by atoms with Gasteiger partial charge >= 0.3 is 0 Å². The molecule has 1 aliphatic rings. The van der Waals surface area contributed by atoms with Gasteiger partial charge in [-0.2, -0.15) is 12.6 Å². The average molecular weight is 203 g/mol. The van der Waals surface area contributed by atoms with Crippen molar-refractivity contribution in [2.24, 2.45) is 0 Å². The SMILES string of the molecule is CC1NC=C([N+](=O)[O-])CN1CCS. The molecule has 0 bridgehead atoms. The van der Waals surface area contributed by atoms with Crippen LogP contribution < -0.4 is 5.32 Å². The van der Waals surface area contributed by atoms with Crippen LogP contribution in [-0.2, 0) is 0 Å². The fourth-order valence-corrected chi connectivity index (χ4v) is 1.48. The van der Waals surface area contributed by atoms with Gasteiger partial charge in [0.05, 0.1) is 23.8 Å². The predicted octanol–water partition coefficient (Wildman–Crippen LogP) is 0.286. The van der Waals surface area contributed by atoms with E-state index in [9.17, 15) is 10.1 Å². The third-order valence-electron chi connectivity index (χ3n) is 2.03. The summed E-state index contributed by atoms with van der Waals surface area (Å²) in [6, 6.07) is 0. The highest BCUT2D eigenvalue weighted by atomic mass is 32.1. The van der Waals surface area contributed by atoms with Crippen LogP contribution in [-0.4, -0.2) is 34.8 Å². The molecule has 0 amide bonds. The molecule has 0 fully saturated rings. The van der Waals surface area contributed by atoms with Crippen molar-refractivity contribution in [3.8, 4) is 0 Å². The lowest BCUT2D eigenvalue weighted by Crippen LogP contribution is -2.47. The van der Waals surface area contributed by atoms with Gasteiger partial charge in [0.1, 0.15) is 0 Å². The molecule has 1 heterocycles. The predicted molar refractivity (Wildman–Crippen MR) is 53.1 cm³/mol. The number of nitrogens with one attached hydrogen (secondary N) is 1. The Hall–Kier alpha value is -0.750. The fourth-order valence-electron chi connectivity index (χ4n) is 1.22. The summed E-state index contributed by atoms with van der Waals surface area (Å²) >= 11 is 4.09. The molecule has 1 N–H and O–H groups in total. The molecular formula is C7H13N3O2S. The normalized spacial score (nSPS) is 23.5. The zero-order chi connectivity index (χ0) is 9.84. The van der Waals surface area contributed by atoms with Crippen molar-refractivity contribution in [2.75, 3.05) is 18.8 Å². The van der Waals surface area contributed by atoms with E-state index < -0.39 is 0 Å². The summed E-state index contributed by atoms with van der Waals surface area (Å²) in [5.74, 6) is 0.705. The maximum absolute atomic E-state index is 10.5. The van der Waals surface area contributed by atoms with E-state index in [4.69, 9.17) is 0 Å². The van der Waals surface area contributed by atoms with Gasteiger partial charge < -0.3 is 5.32 Å². The average Bonchev–Trinajstić information content (AvgIpc) is 2.08. The molecule has 74 valence electrons. The summed E-state index contributed by atoms with van der Waals surface area (Å²) in [6.07, 6.45) is 1.62. The second-order valence-electron chi connectivity index (χ2n) is 2.93. The molecule has 1 aliphatic heterocycles. The summed E-state index contributed by atoms with van der Waals surface area (Å²) < 4.78 is 0. The van der Waals surface area contributed by atoms with Gasteiger partial charge in [0, 0.05) is 12.3 Å². The van der Waals surface area contributed by atoms with Crippen LogP contribution in [0.25, 0.3) is 0 Å². The van der Waals surface area contributed by atoms with E-state index in [-0.39, 0.29) is 16.8 Å². The molecule has 1 unspecified atom stereocenters. The second-order valence-corrected chi connectivity index (χ2v) is 3.38. The molecular weight excluding hydrogens is 190 g/mol. The van der Waals surface area contributed by atoms with E-state index in [2.05, 4.69) is 17.9 Å². The molecule has 1 atom stereocenters. The van der Waals surface area contributed by atoms with Crippen LogP contribution in [0, 0.1) is 10.1 Å². The molecule has 0 saturated heterocycles. The summed E-state index contributed by atoms with van der Waals surface area (Å²) in [5.41, 5.74) is 0.208. The summed E-state index contributed by atoms with van der Waals surface area (Å²) in [5, 5.41) is 13.4. The van der Waals surface area contributed by atoms with Gasteiger partial charge in [0.25, 0.3) is 5.70 Å². The zero-order valence-corrected chi connectivity index (χ0v) is 8.33. The fraction of sp³-hybridized carbons (Fsp3) is 0.714. The van der Waals surface area contributed by atoms with Crippen LogP contribution in [0.5, 0.6) is 0 Å². The Labute approximate surface area is 82.4 Å². The number of hydrogen-bond acceptors (Lipinski definition) is 5. The number of nitro groups is 1. The van der Waals surface area contributed by atoms with Gasteiger partial charge in [-0.3, -0.25) is 15.0 Å². The van der Waals surface area contributed by atoms with Gasteiger partial charge in [-0.15, -0.1) is 0 Å². The minimum Gasteiger partial charge on any atom is -0.371 e. The zero-order valence-electron chi connectivity index (χ0n) is 7.43. The molecule has 0 spiro atoms. The Bertz CT molecular complexity index is 232. The molecule has 6 heteroatoms. The molecule has 0 aromatic heterocycles. The maximum atomic E-state index is 10.5. The molecule has 0 aliphatic carbocycles. The highest BCUT2D eigenvalue weighted by molar-refractivity contribution is 7.80. The van der Waals surface area contributed by atoms with Crippen LogP contribution in [0.15, 0.2) is 11.9 Å². The van der Waals surface area contributed by atoms with Crippen molar-refractivity contribution in [3.05, 3.63) is 22.0 Å². The van der Waals surface area contributed by atoms with Crippen molar-refractivity contribution in [2.45, 2.75) is 13.1 Å². The van der Waals surface area contributed by atoms with Crippen molar-refractivity contribution in [1.82, 2.24) is 10.2 Å². The van der Waals surface area contributed by atoms with E-state index in [1.165, 1.54) is 6.20 Å². The van der Waals surface area contributed by atoms with Crippen LogP contribution in [0.1, 0.15) is 6.92 Å². The van der Waals surface area contributed by atoms with Gasteiger partial charge in [0.2, 0.25) is 0 Å². The van der Waals surface area contributed by atoms with Crippen LogP contribution in [0.4, 0.5) is 0 Å². The first kappa shape index (κ1) is 10.3. The smallest absolute Gasteiger partial charge is 0.275 e. The van der Waals surface area contributed by atoms with Crippen molar-refractivity contribution < 1.29 is 4.92 Å². The summed E-state index contributed by atoms with van der Waals surface area (Å²) in [7, 11) is 0. The van der Waals surface area contributed by atoms with Gasteiger partial charge in [0.15, 0.2) is 0 Å². The topological polar surface area (TPSA) is 58.4 Å². The van der Waals surface area contributed by atoms with E-state index in [1.807, 2.05) is 11.8 Å². The monoisotopic (exact) mass is 203 g/mol. The number of hydrogen-bond donors (Lipinski definition) is 2. The summed E-state index contributed by atoms with van der Waals surface area (Å²) in [6.45, 7) is 3.11. The molecule has 13 heavy (non-hydrogen) atoms. The number of thiol groups is 1. The van der Waals surface area contributed by atoms with E-state index in [1.54, 1.807) is 0 Å². The van der Waals surface area contributed by atoms with Gasteiger partial charge in [-0.1, -0.05) is 0 Å². The lowest BCUT2D eigenvalue weighted by molar-refractivity contribution is -0.430. The first-order chi connectivity index (χ1) is 6.15. The standard InChI is InChI=1S/C7H13N3O2S/c1-6-8-4-7(10(11)12)5-9(6)2-3-13/h4,6,8,13H,2-3,5H2,1H3. The Balaban J connectivity index is 2.60. The number of rotatable bonds is 3. The Morgan fingerprint density at radius 2 is 2.62 bits per heavy atom. The molecule has 5 nitrogen and oxygen atoms in total. The Morgan fingerprint density at radius 1 is 1.92 bits per heavy atom. The van der Waals surface area contributed by atoms with Gasteiger partial charge in [-0.25, -0.2) is 0 Å². The lowest BCUT2D eigenvalue weighted by atomic mass is 10.3. The minimum absolute atomic E-state index is 0.149. The van der Waals surface area contributed by atoms with Gasteiger partial charge in [-0.05, 0) is 6.92 Å². The third kappa shape index (κ3) is 2.60. The number of nitrogens with zero attached hydrogens (tertiary/aromatic N) is 2. The van der Waals surface area contributed by atoms with E-state index >= 15 is 0 Å². The second kappa shape index (κ2) is 4.48. The van der Waals surface area contributed by atoms with Crippen LogP contribution in [0.2, 0.25) is 0 Å². The summed E-state index contributed by atoms with van der Waals surface area (Å²) in [4.78, 5) is 12.1. The molecule has 0 aromatic carbocycles. The molecule has 0 saturated carbocycles. The highest BCUT2D eigenvalue weighted by Gasteiger charge is 2.24. The molecule has 0 aromatic rings. The minimum atomic E-state index is -0.357. The molecule has 0 radical (unpaired) electrons. The molecule has 1 rings (SSSR count). The quantitative estimate of drug-likeness (QED) is 0.393. The van der Waals surface area contributed by atoms with Crippen molar-refractivity contribution in [3.63, 3.8) is 0 Å². The van der Waals surface area contributed by atoms with Crippen LogP contribution >= 0.6 is 12.6 Å². The Kier molecular flexibility index (Phi) is 3.56. The maximum Gasteiger partial charge on any atom is 0.275 e. The van der Waals surface area contributed by atoms with Crippen molar-refractivity contribution >= 4 is 12.6 Å². The first-order valence-corrected chi connectivity index (χ1v) is 4.73. The first-order valence-electron chi connectivity index (χ1n) is 4.09. The van der Waals surface area contributed by atoms with Crippen LogP contribution in [0.3, 0.4) is 0 Å². The highest BCUT2D eigenvalue weighted by Crippen LogP contribution is 2.08. The van der Waals surface area contributed by atoms with E-state index in [0.717, 1.165) is 6.54 Å². The van der Waals surface area contributed by atoms with Crippen molar-refractivity contribution in [1.29, 1.82) is 0 Å². The largest absolute Gasteiger partial charge is 0.371 e.